The summed E-state index contributed by atoms with van der Waals surface area (Å²) in [7, 11) is -2.20. The highest BCUT2D eigenvalue weighted by molar-refractivity contribution is 8.02. The van der Waals surface area contributed by atoms with E-state index in [-0.39, 0.29) is 0 Å². The Morgan fingerprint density at radius 1 is 0.692 bits per heavy atom. The zero-order valence-corrected chi connectivity index (χ0v) is 16.2. The van der Waals surface area contributed by atoms with Gasteiger partial charge >= 0.3 is 0 Å². The van der Waals surface area contributed by atoms with E-state index in [4.69, 9.17) is 9.40 Å². The quantitative estimate of drug-likeness (QED) is 0.432. The van der Waals surface area contributed by atoms with Crippen molar-refractivity contribution < 1.29 is 4.42 Å². The fourth-order valence-electron chi connectivity index (χ4n) is 3.39. The van der Waals surface area contributed by atoms with Crippen LogP contribution in [0.5, 0.6) is 0 Å². The first-order valence-electron chi connectivity index (χ1n) is 8.46. The van der Waals surface area contributed by atoms with Crippen molar-refractivity contribution in [1.29, 1.82) is 0 Å². The van der Waals surface area contributed by atoms with Crippen LogP contribution in [0, 0.1) is 6.92 Å². The van der Waals surface area contributed by atoms with Crippen molar-refractivity contribution in [2.24, 2.45) is 0 Å². The molecule has 26 heavy (non-hydrogen) atoms. The number of aryl methyl sites for hydroxylation is 1. The molecule has 1 aromatic heterocycles. The third-order valence-corrected chi connectivity index (χ3v) is 9.08. The largest absolute Gasteiger partial charge is 0.431 e. The molecule has 0 unspecified atom stereocenters. The van der Waals surface area contributed by atoms with Crippen LogP contribution in [0.4, 0.5) is 0 Å². The summed E-state index contributed by atoms with van der Waals surface area (Å²) in [6.45, 7) is 1.87. The lowest BCUT2D eigenvalue weighted by atomic mass is 10.4. The number of oxazole rings is 1. The molecule has 0 spiro atoms. The highest BCUT2D eigenvalue weighted by Crippen LogP contribution is 2.55. The Morgan fingerprint density at radius 2 is 1.08 bits per heavy atom. The minimum Gasteiger partial charge on any atom is -0.431 e. The average molecular weight is 376 g/mol. The molecule has 4 aromatic rings. The topological polar surface area (TPSA) is 26.0 Å². The Hall–Kier alpha value is -2.35. The number of hydrogen-bond donors (Lipinski definition) is 1. The molecule has 0 aliphatic heterocycles. The predicted molar refractivity (Wildman–Crippen MR) is 113 cm³/mol. The van der Waals surface area contributed by atoms with Crippen LogP contribution in [0.2, 0.25) is 0 Å². The molecule has 0 saturated heterocycles. The maximum Gasteiger partial charge on any atom is 0.250 e. The van der Waals surface area contributed by atoms with Crippen LogP contribution >= 0.6 is 19.9 Å². The van der Waals surface area contributed by atoms with E-state index in [0.29, 0.717) is 11.0 Å². The molecule has 0 bridgehead atoms. The monoisotopic (exact) mass is 376 g/mol. The first-order valence-corrected chi connectivity index (χ1v) is 10.7. The molecular weight excluding hydrogens is 357 g/mol. The maximum absolute atomic E-state index is 5.77. The first kappa shape index (κ1) is 17.1. The first-order chi connectivity index (χ1) is 12.7. The molecule has 0 atom stereocenters. The molecule has 3 aromatic carbocycles. The maximum atomic E-state index is 5.77. The van der Waals surface area contributed by atoms with E-state index < -0.39 is 7.26 Å². The summed E-state index contributed by atoms with van der Waals surface area (Å²) >= 11 is 4.66. The fourth-order valence-corrected chi connectivity index (χ4v) is 8.13. The van der Waals surface area contributed by atoms with E-state index in [9.17, 15) is 0 Å². The Kier molecular flexibility index (Phi) is 4.67. The van der Waals surface area contributed by atoms with Crippen molar-refractivity contribution in [3.8, 4) is 0 Å². The third kappa shape index (κ3) is 2.78. The van der Waals surface area contributed by atoms with E-state index in [1.54, 1.807) is 0 Å². The average Bonchev–Trinajstić information content (AvgIpc) is 3.03. The fraction of sp³-hybridized carbons (Fsp3) is 0.0455. The standard InChI is InChI=1S/C22H18NOPS/c1-17-23-21(22(26)24-17)25(18-11-5-2-6-12-18,19-13-7-3-8-14-19)20-15-9-4-10-16-20/h2-16H,1H3/p+1. The molecule has 0 aliphatic rings. The minimum atomic E-state index is -2.20. The van der Waals surface area contributed by atoms with Crippen LogP contribution in [-0.4, -0.2) is 4.98 Å². The second kappa shape index (κ2) is 7.11. The van der Waals surface area contributed by atoms with Gasteiger partial charge in [0.2, 0.25) is 5.09 Å². The Morgan fingerprint density at radius 3 is 1.38 bits per heavy atom. The molecular formula is C22H19NOPS+. The molecule has 0 N–H and O–H groups in total. The minimum absolute atomic E-state index is 0.590. The lowest BCUT2D eigenvalue weighted by molar-refractivity contribution is 0.445. The smallest absolute Gasteiger partial charge is 0.250 e. The van der Waals surface area contributed by atoms with Crippen molar-refractivity contribution >= 4 is 41.2 Å². The lowest BCUT2D eigenvalue weighted by Gasteiger charge is -2.25. The van der Waals surface area contributed by atoms with Crippen molar-refractivity contribution in [1.82, 2.24) is 4.98 Å². The van der Waals surface area contributed by atoms with Gasteiger partial charge in [0, 0.05) is 6.92 Å². The summed E-state index contributed by atoms with van der Waals surface area (Å²) in [5, 5.41) is 4.30. The van der Waals surface area contributed by atoms with Crippen molar-refractivity contribution in [2.45, 2.75) is 12.0 Å². The van der Waals surface area contributed by atoms with Crippen molar-refractivity contribution in [2.75, 3.05) is 0 Å². The van der Waals surface area contributed by atoms with Crippen LogP contribution in [0.15, 0.2) is 101 Å². The van der Waals surface area contributed by atoms with Gasteiger partial charge in [-0.3, -0.25) is 0 Å². The Balaban J connectivity index is 2.16. The zero-order valence-electron chi connectivity index (χ0n) is 14.4. The molecule has 0 saturated carbocycles. The van der Waals surface area contributed by atoms with Gasteiger partial charge in [0.25, 0.3) is 5.44 Å². The molecule has 2 nitrogen and oxygen atoms in total. The summed E-state index contributed by atoms with van der Waals surface area (Å²) in [4.78, 5) is 4.82. The van der Waals surface area contributed by atoms with E-state index >= 15 is 0 Å². The summed E-state index contributed by atoms with van der Waals surface area (Å²) in [5.41, 5.74) is 0.918. The Bertz CT molecular complexity index is 904. The van der Waals surface area contributed by atoms with Gasteiger partial charge in [-0.2, -0.15) is 4.98 Å². The molecule has 1 heterocycles. The SMILES string of the molecule is Cc1nc([P+](c2ccccc2)(c2ccccc2)c2ccccc2)c(S)o1. The summed E-state index contributed by atoms with van der Waals surface area (Å²) in [6, 6.07) is 31.8. The molecule has 4 rings (SSSR count). The van der Waals surface area contributed by atoms with E-state index in [1.807, 2.05) is 25.1 Å². The number of nitrogens with zero attached hydrogens (tertiary/aromatic N) is 1. The summed E-state index contributed by atoms with van der Waals surface area (Å²) in [5.74, 6) is 0.636. The van der Waals surface area contributed by atoms with Gasteiger partial charge in [-0.05, 0) is 36.4 Å². The second-order valence-electron chi connectivity index (χ2n) is 6.04. The van der Waals surface area contributed by atoms with Crippen LogP contribution in [0.25, 0.3) is 0 Å². The summed E-state index contributed by atoms with van der Waals surface area (Å²) in [6.07, 6.45) is 0. The van der Waals surface area contributed by atoms with E-state index in [0.717, 1.165) is 5.44 Å². The van der Waals surface area contributed by atoms with Gasteiger partial charge in [0.15, 0.2) is 13.2 Å². The van der Waals surface area contributed by atoms with Gasteiger partial charge < -0.3 is 4.42 Å². The van der Waals surface area contributed by atoms with E-state index in [1.165, 1.54) is 15.9 Å². The van der Waals surface area contributed by atoms with Crippen molar-refractivity contribution in [3.63, 3.8) is 0 Å². The molecule has 0 radical (unpaired) electrons. The third-order valence-electron chi connectivity index (χ3n) is 4.45. The Labute approximate surface area is 159 Å². The molecule has 0 aliphatic carbocycles. The van der Waals surface area contributed by atoms with Gasteiger partial charge in [0.05, 0.1) is 0 Å². The van der Waals surface area contributed by atoms with Crippen LogP contribution in [0.3, 0.4) is 0 Å². The van der Waals surface area contributed by atoms with Gasteiger partial charge in [0.1, 0.15) is 15.9 Å². The number of hydrogen-bond acceptors (Lipinski definition) is 3. The molecule has 128 valence electrons. The van der Waals surface area contributed by atoms with Crippen LogP contribution in [-0.2, 0) is 0 Å². The molecule has 4 heteroatoms. The van der Waals surface area contributed by atoms with Crippen LogP contribution < -0.4 is 21.3 Å². The van der Waals surface area contributed by atoms with E-state index in [2.05, 4.69) is 85.4 Å². The predicted octanol–water partition coefficient (Wildman–Crippen LogP) is 3.89. The zero-order chi connectivity index (χ0) is 18.0. The normalized spacial score (nSPS) is 11.5. The van der Waals surface area contributed by atoms with Crippen molar-refractivity contribution in [3.05, 3.63) is 96.9 Å². The number of thiol groups is 1. The number of rotatable bonds is 4. The molecule has 0 amide bonds. The highest BCUT2D eigenvalue weighted by Gasteiger charge is 2.52. The molecule has 0 fully saturated rings. The lowest BCUT2D eigenvalue weighted by Crippen LogP contribution is -2.39. The second-order valence-corrected chi connectivity index (χ2v) is 9.76. The summed E-state index contributed by atoms with van der Waals surface area (Å²) < 4.78 is 5.77. The van der Waals surface area contributed by atoms with Crippen LogP contribution in [0.1, 0.15) is 5.89 Å². The highest BCUT2D eigenvalue weighted by atomic mass is 32.1. The van der Waals surface area contributed by atoms with Gasteiger partial charge in [-0.1, -0.05) is 67.2 Å². The van der Waals surface area contributed by atoms with Gasteiger partial charge in [-0.15, -0.1) is 0 Å². The number of aromatic nitrogens is 1. The number of benzene rings is 3. The van der Waals surface area contributed by atoms with Gasteiger partial charge in [-0.25, -0.2) is 0 Å².